The molecular formula is C19H32IN3O2. The van der Waals surface area contributed by atoms with E-state index in [4.69, 9.17) is 15.2 Å². The highest BCUT2D eigenvalue weighted by Gasteiger charge is 2.11. The van der Waals surface area contributed by atoms with Gasteiger partial charge in [-0.25, -0.2) is 4.99 Å². The van der Waals surface area contributed by atoms with Crippen molar-refractivity contribution in [3.63, 3.8) is 0 Å². The third kappa shape index (κ3) is 7.81. The Morgan fingerprint density at radius 1 is 1.16 bits per heavy atom. The molecule has 0 spiro atoms. The van der Waals surface area contributed by atoms with E-state index in [2.05, 4.69) is 35.0 Å². The molecule has 1 aliphatic rings. The fourth-order valence-corrected chi connectivity index (χ4v) is 2.85. The van der Waals surface area contributed by atoms with Gasteiger partial charge < -0.3 is 20.1 Å². The van der Waals surface area contributed by atoms with E-state index in [0.717, 1.165) is 24.4 Å². The zero-order valence-corrected chi connectivity index (χ0v) is 17.8. The fourth-order valence-electron chi connectivity index (χ4n) is 2.85. The van der Waals surface area contributed by atoms with Crippen LogP contribution in [0, 0.1) is 6.92 Å². The highest BCUT2D eigenvalue weighted by atomic mass is 127. The zero-order valence-electron chi connectivity index (χ0n) is 15.5. The number of guanidine groups is 1. The molecule has 5 nitrogen and oxygen atoms in total. The third-order valence-corrected chi connectivity index (χ3v) is 4.25. The van der Waals surface area contributed by atoms with Crippen LogP contribution in [-0.4, -0.2) is 43.8 Å². The van der Waals surface area contributed by atoms with Gasteiger partial charge in [0.1, 0.15) is 12.4 Å². The van der Waals surface area contributed by atoms with Crippen molar-refractivity contribution in [3.05, 3.63) is 29.3 Å². The lowest BCUT2D eigenvalue weighted by Gasteiger charge is -2.21. The number of nitrogens with zero attached hydrogens (tertiary/aromatic N) is 2. The first-order chi connectivity index (χ1) is 11.7. The van der Waals surface area contributed by atoms with Crippen LogP contribution in [0.25, 0.3) is 0 Å². The van der Waals surface area contributed by atoms with Crippen LogP contribution < -0.4 is 10.5 Å². The Kier molecular flexibility index (Phi) is 10.9. The van der Waals surface area contributed by atoms with E-state index in [0.29, 0.717) is 32.3 Å². The topological polar surface area (TPSA) is 60.1 Å². The Bertz CT molecular complexity index is 529. The van der Waals surface area contributed by atoms with Gasteiger partial charge in [0.25, 0.3) is 0 Å². The zero-order chi connectivity index (χ0) is 17.2. The Hall–Kier alpha value is -1.02. The van der Waals surface area contributed by atoms with Crippen LogP contribution in [-0.2, 0) is 11.3 Å². The van der Waals surface area contributed by atoms with Gasteiger partial charge in [0.05, 0.1) is 13.2 Å². The quantitative estimate of drug-likeness (QED) is 0.291. The molecule has 1 saturated heterocycles. The molecule has 1 aromatic rings. The molecule has 0 amide bonds. The van der Waals surface area contributed by atoms with Gasteiger partial charge in [0.2, 0.25) is 0 Å². The normalized spacial score (nSPS) is 15.4. The predicted molar refractivity (Wildman–Crippen MR) is 114 cm³/mol. The first-order valence-corrected chi connectivity index (χ1v) is 9.05. The summed E-state index contributed by atoms with van der Waals surface area (Å²) in [7, 11) is 0. The third-order valence-electron chi connectivity index (χ3n) is 4.25. The lowest BCUT2D eigenvalue weighted by Crippen LogP contribution is -2.38. The number of aliphatic imine (C=N–C) groups is 1. The number of nitrogens with two attached hydrogens (primary N) is 1. The summed E-state index contributed by atoms with van der Waals surface area (Å²) in [5.41, 5.74) is 8.44. The van der Waals surface area contributed by atoms with Crippen molar-refractivity contribution < 1.29 is 9.47 Å². The molecule has 1 aromatic carbocycles. The summed E-state index contributed by atoms with van der Waals surface area (Å²) in [4.78, 5) is 6.81. The molecule has 1 fully saturated rings. The minimum atomic E-state index is 0. The molecule has 0 aliphatic carbocycles. The summed E-state index contributed by atoms with van der Waals surface area (Å²) >= 11 is 0. The van der Waals surface area contributed by atoms with Crippen LogP contribution in [0.15, 0.2) is 23.2 Å². The molecule has 142 valence electrons. The van der Waals surface area contributed by atoms with Crippen molar-refractivity contribution in [2.75, 3.05) is 32.9 Å². The second-order valence-electron chi connectivity index (χ2n) is 6.23. The standard InChI is InChI=1S/C19H31N3O2.HI/c1-3-23-12-13-24-18-14-16(2)8-9-17(18)15-21-19(20)22-10-6-4-5-7-11-22;/h8-9,14H,3-7,10-13,15H2,1-2H3,(H2,20,21);1H. The van der Waals surface area contributed by atoms with Gasteiger partial charge in [-0.1, -0.05) is 25.0 Å². The first-order valence-electron chi connectivity index (χ1n) is 9.05. The van der Waals surface area contributed by atoms with Crippen molar-refractivity contribution in [1.29, 1.82) is 0 Å². The van der Waals surface area contributed by atoms with Crippen LogP contribution in [0.1, 0.15) is 43.7 Å². The average Bonchev–Trinajstić information content (AvgIpc) is 2.87. The van der Waals surface area contributed by atoms with Gasteiger partial charge in [0, 0.05) is 25.3 Å². The molecular weight excluding hydrogens is 429 g/mol. The van der Waals surface area contributed by atoms with E-state index in [9.17, 15) is 0 Å². The van der Waals surface area contributed by atoms with Crippen molar-refractivity contribution in [1.82, 2.24) is 4.90 Å². The summed E-state index contributed by atoms with van der Waals surface area (Å²) in [6.45, 7) is 8.49. The van der Waals surface area contributed by atoms with E-state index >= 15 is 0 Å². The SMILES string of the molecule is CCOCCOc1cc(C)ccc1CN=C(N)N1CCCCCC1.I. The van der Waals surface area contributed by atoms with Gasteiger partial charge >= 0.3 is 0 Å². The number of rotatable bonds is 7. The largest absolute Gasteiger partial charge is 0.491 e. The van der Waals surface area contributed by atoms with Crippen molar-refractivity contribution >= 4 is 29.9 Å². The maximum absolute atomic E-state index is 6.20. The van der Waals surface area contributed by atoms with E-state index in [1.807, 2.05) is 6.92 Å². The van der Waals surface area contributed by atoms with Gasteiger partial charge in [0.15, 0.2) is 5.96 Å². The van der Waals surface area contributed by atoms with Gasteiger partial charge in [-0.2, -0.15) is 0 Å². The summed E-state index contributed by atoms with van der Waals surface area (Å²) in [6, 6.07) is 6.21. The Morgan fingerprint density at radius 2 is 1.88 bits per heavy atom. The lowest BCUT2D eigenvalue weighted by atomic mass is 10.1. The maximum Gasteiger partial charge on any atom is 0.191 e. The summed E-state index contributed by atoms with van der Waals surface area (Å²) in [5.74, 6) is 1.53. The molecule has 2 N–H and O–H groups in total. The molecule has 0 radical (unpaired) electrons. The molecule has 0 atom stereocenters. The van der Waals surface area contributed by atoms with Gasteiger partial charge in [-0.15, -0.1) is 24.0 Å². The van der Waals surface area contributed by atoms with Gasteiger partial charge in [-0.3, -0.25) is 0 Å². The van der Waals surface area contributed by atoms with Crippen LogP contribution in [0.3, 0.4) is 0 Å². The number of hydrogen-bond acceptors (Lipinski definition) is 3. The fraction of sp³-hybridized carbons (Fsp3) is 0.632. The summed E-state index contributed by atoms with van der Waals surface area (Å²) < 4.78 is 11.2. The van der Waals surface area contributed by atoms with E-state index < -0.39 is 0 Å². The number of ether oxygens (including phenoxy) is 2. The number of halogens is 1. The maximum atomic E-state index is 6.20. The molecule has 0 aromatic heterocycles. The number of likely N-dealkylation sites (tertiary alicyclic amines) is 1. The molecule has 2 rings (SSSR count). The molecule has 0 saturated carbocycles. The molecule has 0 unspecified atom stereocenters. The van der Waals surface area contributed by atoms with Crippen molar-refractivity contribution in [3.8, 4) is 5.75 Å². The molecule has 25 heavy (non-hydrogen) atoms. The summed E-state index contributed by atoms with van der Waals surface area (Å²) in [6.07, 6.45) is 4.98. The second kappa shape index (κ2) is 12.4. The lowest BCUT2D eigenvalue weighted by molar-refractivity contribution is 0.110. The number of aryl methyl sites for hydroxylation is 1. The summed E-state index contributed by atoms with van der Waals surface area (Å²) in [5, 5.41) is 0. The van der Waals surface area contributed by atoms with Crippen LogP contribution in [0.2, 0.25) is 0 Å². The van der Waals surface area contributed by atoms with Crippen molar-refractivity contribution in [2.24, 2.45) is 10.7 Å². The minimum absolute atomic E-state index is 0. The van der Waals surface area contributed by atoms with E-state index in [-0.39, 0.29) is 24.0 Å². The van der Waals surface area contributed by atoms with Gasteiger partial charge in [-0.05, 0) is 38.3 Å². The van der Waals surface area contributed by atoms with E-state index in [1.54, 1.807) is 0 Å². The van der Waals surface area contributed by atoms with Crippen LogP contribution >= 0.6 is 24.0 Å². The minimum Gasteiger partial charge on any atom is -0.491 e. The van der Waals surface area contributed by atoms with Crippen LogP contribution in [0.4, 0.5) is 0 Å². The van der Waals surface area contributed by atoms with E-state index in [1.165, 1.54) is 31.2 Å². The van der Waals surface area contributed by atoms with Crippen molar-refractivity contribution in [2.45, 2.75) is 46.1 Å². The second-order valence-corrected chi connectivity index (χ2v) is 6.23. The predicted octanol–water partition coefficient (Wildman–Crippen LogP) is 3.72. The van der Waals surface area contributed by atoms with Crippen LogP contribution in [0.5, 0.6) is 5.75 Å². The molecule has 1 heterocycles. The Morgan fingerprint density at radius 3 is 2.56 bits per heavy atom. The Balaban J connectivity index is 0.00000312. The first kappa shape index (κ1) is 22.0. The number of hydrogen-bond donors (Lipinski definition) is 1. The highest BCUT2D eigenvalue weighted by molar-refractivity contribution is 14.0. The smallest absolute Gasteiger partial charge is 0.191 e. The molecule has 6 heteroatoms. The molecule has 1 aliphatic heterocycles. The number of benzene rings is 1. The average molecular weight is 461 g/mol. The Labute approximate surface area is 169 Å². The molecule has 0 bridgehead atoms. The highest BCUT2D eigenvalue weighted by Crippen LogP contribution is 2.21. The monoisotopic (exact) mass is 461 g/mol.